The lowest BCUT2D eigenvalue weighted by Gasteiger charge is -2.36. The van der Waals surface area contributed by atoms with Gasteiger partial charge in [-0.15, -0.1) is 0 Å². The molecule has 0 aliphatic heterocycles. The van der Waals surface area contributed by atoms with Gasteiger partial charge in [0.05, 0.1) is 11.6 Å². The first-order valence-corrected chi connectivity index (χ1v) is 7.82. The van der Waals surface area contributed by atoms with E-state index >= 15 is 0 Å². The van der Waals surface area contributed by atoms with Crippen molar-refractivity contribution in [3.05, 3.63) is 29.8 Å². The Bertz CT molecular complexity index is 610. The number of carbonyl (C=O) groups is 1. The number of hydrogen-bond donors (Lipinski definition) is 3. The summed E-state index contributed by atoms with van der Waals surface area (Å²) in [4.78, 5) is 14.9. The molecule has 1 saturated carbocycles. The molecule has 0 spiro atoms. The van der Waals surface area contributed by atoms with Gasteiger partial charge in [-0.1, -0.05) is 19.3 Å². The van der Waals surface area contributed by atoms with Crippen molar-refractivity contribution < 1.29 is 9.90 Å². The van der Waals surface area contributed by atoms with Crippen LogP contribution in [0.25, 0.3) is 0 Å². The second-order valence-corrected chi connectivity index (χ2v) is 6.12. The molecule has 1 aromatic rings. The third kappa shape index (κ3) is 5.29. The molecule has 6 heteroatoms. The topological polar surface area (TPSA) is 97.5 Å². The fraction of sp³-hybridized carbons (Fsp3) is 0.471. The lowest BCUT2D eigenvalue weighted by atomic mass is 9.83. The van der Waals surface area contributed by atoms with Gasteiger partial charge in [0.25, 0.3) is 0 Å². The zero-order valence-electron chi connectivity index (χ0n) is 13.3. The molecule has 1 fully saturated rings. The number of aliphatic carboxylic acids is 1. The zero-order valence-corrected chi connectivity index (χ0v) is 13.3. The molecule has 1 aliphatic rings. The molecule has 122 valence electrons. The van der Waals surface area contributed by atoms with E-state index in [0.29, 0.717) is 11.5 Å². The number of aliphatic imine (C=N–C) groups is 1. The molecule has 0 atom stereocenters. The van der Waals surface area contributed by atoms with Crippen molar-refractivity contribution in [3.8, 4) is 6.07 Å². The van der Waals surface area contributed by atoms with Crippen molar-refractivity contribution in [1.82, 2.24) is 5.32 Å². The second kappa shape index (κ2) is 7.63. The monoisotopic (exact) mass is 314 g/mol. The van der Waals surface area contributed by atoms with Crippen molar-refractivity contribution in [2.24, 2.45) is 4.99 Å². The molecule has 1 aliphatic carbocycles. The molecule has 1 aromatic carbocycles. The summed E-state index contributed by atoms with van der Waals surface area (Å²) in [5, 5.41) is 24.2. The van der Waals surface area contributed by atoms with Crippen molar-refractivity contribution in [1.29, 1.82) is 5.26 Å². The summed E-state index contributed by atoms with van der Waals surface area (Å²) >= 11 is 0. The number of nitrogens with zero attached hydrogens (tertiary/aromatic N) is 2. The Balaban J connectivity index is 2.11. The summed E-state index contributed by atoms with van der Waals surface area (Å²) in [7, 11) is 0. The van der Waals surface area contributed by atoms with Gasteiger partial charge in [-0.25, -0.2) is 4.99 Å². The number of benzene rings is 1. The molecule has 0 aromatic heterocycles. The molecular formula is C17H22N4O2. The highest BCUT2D eigenvalue weighted by molar-refractivity contribution is 5.95. The van der Waals surface area contributed by atoms with E-state index in [1.165, 1.54) is 6.42 Å². The zero-order chi connectivity index (χ0) is 16.7. The first kappa shape index (κ1) is 16.8. The highest BCUT2D eigenvalue weighted by Crippen LogP contribution is 2.27. The quantitative estimate of drug-likeness (QED) is 0.586. The van der Waals surface area contributed by atoms with Crippen LogP contribution in [0.4, 0.5) is 5.69 Å². The maximum atomic E-state index is 10.8. The third-order valence-corrected chi connectivity index (χ3v) is 4.03. The fourth-order valence-corrected chi connectivity index (χ4v) is 2.76. The van der Waals surface area contributed by atoms with E-state index < -0.39 is 5.97 Å². The minimum Gasteiger partial charge on any atom is -0.480 e. The standard InChI is InChI=1S/C17H22N4O2/c1-17(9-3-2-4-10-17)21-16(19-12-15(22)23)20-14-7-5-13(11-18)6-8-14/h5-8H,2-4,9-10,12H2,1H3,(H,22,23)(H2,19,20,21). The minimum atomic E-state index is -0.972. The van der Waals surface area contributed by atoms with Crippen molar-refractivity contribution in [3.63, 3.8) is 0 Å². The van der Waals surface area contributed by atoms with Crippen LogP contribution in [-0.2, 0) is 4.79 Å². The first-order chi connectivity index (χ1) is 11.0. The highest BCUT2D eigenvalue weighted by atomic mass is 16.4. The van der Waals surface area contributed by atoms with Gasteiger partial charge >= 0.3 is 5.97 Å². The van der Waals surface area contributed by atoms with Crippen LogP contribution in [-0.4, -0.2) is 29.1 Å². The maximum Gasteiger partial charge on any atom is 0.325 e. The van der Waals surface area contributed by atoms with Crippen LogP contribution in [0, 0.1) is 11.3 Å². The van der Waals surface area contributed by atoms with Gasteiger partial charge in [-0.05, 0) is 44.0 Å². The number of anilines is 1. The fourth-order valence-electron chi connectivity index (χ4n) is 2.76. The predicted molar refractivity (Wildman–Crippen MR) is 89.3 cm³/mol. The summed E-state index contributed by atoms with van der Waals surface area (Å²) in [5.41, 5.74) is 1.27. The Morgan fingerprint density at radius 3 is 2.52 bits per heavy atom. The summed E-state index contributed by atoms with van der Waals surface area (Å²) < 4.78 is 0. The van der Waals surface area contributed by atoms with Crippen LogP contribution in [0.3, 0.4) is 0 Å². The van der Waals surface area contributed by atoms with Crippen LogP contribution in [0.5, 0.6) is 0 Å². The number of carboxylic acids is 1. The van der Waals surface area contributed by atoms with E-state index in [4.69, 9.17) is 10.4 Å². The predicted octanol–water partition coefficient (Wildman–Crippen LogP) is 2.72. The summed E-state index contributed by atoms with van der Waals surface area (Å²) in [5.74, 6) is -0.513. The average molecular weight is 314 g/mol. The second-order valence-electron chi connectivity index (χ2n) is 6.12. The molecular weight excluding hydrogens is 292 g/mol. The smallest absolute Gasteiger partial charge is 0.325 e. The first-order valence-electron chi connectivity index (χ1n) is 7.82. The molecule has 6 nitrogen and oxygen atoms in total. The minimum absolute atomic E-state index is 0.0742. The molecule has 0 bridgehead atoms. The number of nitrogens with one attached hydrogen (secondary N) is 2. The Morgan fingerprint density at radius 2 is 1.96 bits per heavy atom. The van der Waals surface area contributed by atoms with Gasteiger partial charge in [0.1, 0.15) is 6.54 Å². The van der Waals surface area contributed by atoms with Crippen molar-refractivity contribution >= 4 is 17.6 Å². The Labute approximate surface area is 136 Å². The molecule has 0 saturated heterocycles. The van der Waals surface area contributed by atoms with E-state index in [1.54, 1.807) is 24.3 Å². The van der Waals surface area contributed by atoms with E-state index in [-0.39, 0.29) is 12.1 Å². The van der Waals surface area contributed by atoms with Crippen LogP contribution in [0.2, 0.25) is 0 Å². The van der Waals surface area contributed by atoms with Gasteiger partial charge in [-0.2, -0.15) is 5.26 Å². The molecule has 0 radical (unpaired) electrons. The third-order valence-electron chi connectivity index (χ3n) is 4.03. The Morgan fingerprint density at radius 1 is 1.30 bits per heavy atom. The Hall–Kier alpha value is -2.55. The van der Waals surface area contributed by atoms with Gasteiger partial charge in [0.15, 0.2) is 5.96 Å². The molecule has 23 heavy (non-hydrogen) atoms. The van der Waals surface area contributed by atoms with Gasteiger partial charge in [-0.3, -0.25) is 4.79 Å². The van der Waals surface area contributed by atoms with Crippen LogP contribution < -0.4 is 10.6 Å². The van der Waals surface area contributed by atoms with E-state index in [1.807, 2.05) is 0 Å². The maximum absolute atomic E-state index is 10.8. The normalized spacial score (nSPS) is 17.1. The molecule has 0 unspecified atom stereocenters. The summed E-state index contributed by atoms with van der Waals surface area (Å²) in [6, 6.07) is 9.04. The number of hydrogen-bond acceptors (Lipinski definition) is 3. The van der Waals surface area contributed by atoms with Crippen LogP contribution in [0.1, 0.15) is 44.6 Å². The van der Waals surface area contributed by atoms with Gasteiger partial charge < -0.3 is 15.7 Å². The summed E-state index contributed by atoms with van der Waals surface area (Å²) in [6.07, 6.45) is 5.63. The van der Waals surface area contributed by atoms with E-state index in [9.17, 15) is 4.79 Å². The lowest BCUT2D eigenvalue weighted by Crippen LogP contribution is -2.49. The van der Waals surface area contributed by atoms with E-state index in [0.717, 1.165) is 31.4 Å². The largest absolute Gasteiger partial charge is 0.480 e. The van der Waals surface area contributed by atoms with Crippen molar-refractivity contribution in [2.45, 2.75) is 44.6 Å². The highest BCUT2D eigenvalue weighted by Gasteiger charge is 2.27. The number of guanidine groups is 1. The number of carboxylic acid groups (broad SMARTS) is 1. The van der Waals surface area contributed by atoms with E-state index in [2.05, 4.69) is 28.6 Å². The van der Waals surface area contributed by atoms with Crippen molar-refractivity contribution in [2.75, 3.05) is 11.9 Å². The SMILES string of the molecule is CC1(NC(=NCC(=O)O)Nc2ccc(C#N)cc2)CCCCC1. The average Bonchev–Trinajstić information content (AvgIpc) is 2.54. The van der Waals surface area contributed by atoms with Crippen LogP contribution in [0.15, 0.2) is 29.3 Å². The molecule has 3 N–H and O–H groups in total. The summed E-state index contributed by atoms with van der Waals surface area (Å²) in [6.45, 7) is 1.85. The molecule has 0 amide bonds. The Kier molecular flexibility index (Phi) is 5.58. The lowest BCUT2D eigenvalue weighted by molar-refractivity contribution is -0.135. The van der Waals surface area contributed by atoms with Gasteiger partial charge in [0.2, 0.25) is 0 Å². The van der Waals surface area contributed by atoms with Gasteiger partial charge in [0, 0.05) is 11.2 Å². The van der Waals surface area contributed by atoms with Crippen LogP contribution >= 0.6 is 0 Å². The number of nitriles is 1. The number of rotatable bonds is 4. The molecule has 0 heterocycles. The molecule has 2 rings (SSSR count).